The standard InChI is InChI=1S/C24H19F3N4O3/c1-15-7-9-16(10-8-15)13-31-22(33)21-19(6-3-11-28-21)30(23(31)34)14-20(32)29-18-5-2-4-17(12-18)24(25,26)27/h2-12H,13-14H2,1H3,(H,29,32). The van der Waals surface area contributed by atoms with Gasteiger partial charge in [-0.15, -0.1) is 0 Å². The molecule has 2 aromatic carbocycles. The van der Waals surface area contributed by atoms with Crippen LogP contribution in [0.5, 0.6) is 0 Å². The Balaban J connectivity index is 1.71. The van der Waals surface area contributed by atoms with Crippen molar-refractivity contribution >= 4 is 22.6 Å². The van der Waals surface area contributed by atoms with Crippen LogP contribution < -0.4 is 16.6 Å². The lowest BCUT2D eigenvalue weighted by molar-refractivity contribution is -0.137. The van der Waals surface area contributed by atoms with Gasteiger partial charge >= 0.3 is 11.9 Å². The molecule has 10 heteroatoms. The highest BCUT2D eigenvalue weighted by atomic mass is 19.4. The number of aromatic nitrogens is 3. The van der Waals surface area contributed by atoms with Gasteiger partial charge in [0.1, 0.15) is 6.54 Å². The largest absolute Gasteiger partial charge is 0.416 e. The van der Waals surface area contributed by atoms with Crippen LogP contribution in [0.2, 0.25) is 0 Å². The maximum atomic E-state index is 13.2. The van der Waals surface area contributed by atoms with Crippen LogP contribution in [0.25, 0.3) is 11.0 Å². The second-order valence-corrected chi connectivity index (χ2v) is 7.74. The van der Waals surface area contributed by atoms with Gasteiger partial charge < -0.3 is 5.32 Å². The fourth-order valence-corrected chi connectivity index (χ4v) is 3.53. The minimum Gasteiger partial charge on any atom is -0.325 e. The first-order valence-electron chi connectivity index (χ1n) is 10.2. The number of carbonyl (C=O) groups is 1. The number of nitrogens with zero attached hydrogens (tertiary/aromatic N) is 3. The predicted molar refractivity (Wildman–Crippen MR) is 121 cm³/mol. The third-order valence-electron chi connectivity index (χ3n) is 5.22. The second-order valence-electron chi connectivity index (χ2n) is 7.74. The minimum atomic E-state index is -4.56. The molecule has 2 aromatic heterocycles. The van der Waals surface area contributed by atoms with Crippen molar-refractivity contribution < 1.29 is 18.0 Å². The number of nitrogens with one attached hydrogen (secondary N) is 1. The first kappa shape index (κ1) is 23.0. The van der Waals surface area contributed by atoms with E-state index in [1.807, 2.05) is 19.1 Å². The summed E-state index contributed by atoms with van der Waals surface area (Å²) in [5.41, 5.74) is -0.439. The topological polar surface area (TPSA) is 86.0 Å². The van der Waals surface area contributed by atoms with Gasteiger partial charge in [0, 0.05) is 11.9 Å². The van der Waals surface area contributed by atoms with E-state index in [0.717, 1.165) is 26.8 Å². The van der Waals surface area contributed by atoms with Gasteiger partial charge in [0.15, 0.2) is 5.52 Å². The SMILES string of the molecule is Cc1ccc(Cn2c(=O)c3ncccc3n(CC(=O)Nc3cccc(C(F)(F)F)c3)c2=O)cc1. The van der Waals surface area contributed by atoms with Crippen molar-refractivity contribution in [2.45, 2.75) is 26.2 Å². The third-order valence-corrected chi connectivity index (χ3v) is 5.22. The van der Waals surface area contributed by atoms with Crippen LogP contribution in [0, 0.1) is 6.92 Å². The molecule has 0 radical (unpaired) electrons. The van der Waals surface area contributed by atoms with Crippen LogP contribution in [-0.4, -0.2) is 20.0 Å². The van der Waals surface area contributed by atoms with E-state index in [0.29, 0.717) is 5.56 Å². The van der Waals surface area contributed by atoms with Crippen LogP contribution in [0.15, 0.2) is 76.4 Å². The second kappa shape index (κ2) is 8.97. The van der Waals surface area contributed by atoms with E-state index in [-0.39, 0.29) is 23.3 Å². The number of benzene rings is 2. The number of fused-ring (bicyclic) bond motifs is 1. The van der Waals surface area contributed by atoms with E-state index in [4.69, 9.17) is 0 Å². The molecule has 0 saturated carbocycles. The molecule has 4 rings (SSSR count). The molecule has 0 fully saturated rings. The Kier molecular flexibility index (Phi) is 6.06. The van der Waals surface area contributed by atoms with Gasteiger partial charge in [0.2, 0.25) is 5.91 Å². The summed E-state index contributed by atoms with van der Waals surface area (Å²) in [6.45, 7) is 1.36. The molecule has 174 valence electrons. The molecule has 4 aromatic rings. The normalized spacial score (nSPS) is 11.5. The Bertz CT molecular complexity index is 1490. The third kappa shape index (κ3) is 4.75. The van der Waals surface area contributed by atoms with E-state index < -0.39 is 35.4 Å². The molecule has 0 spiro atoms. The molecular weight excluding hydrogens is 449 g/mol. The number of halogens is 3. The lowest BCUT2D eigenvalue weighted by Gasteiger charge is -2.14. The van der Waals surface area contributed by atoms with Crippen molar-refractivity contribution in [1.29, 1.82) is 0 Å². The number of hydrogen-bond donors (Lipinski definition) is 1. The highest BCUT2D eigenvalue weighted by Crippen LogP contribution is 2.30. The molecule has 1 N–H and O–H groups in total. The smallest absolute Gasteiger partial charge is 0.325 e. The summed E-state index contributed by atoms with van der Waals surface area (Å²) in [5.74, 6) is -0.730. The summed E-state index contributed by atoms with van der Waals surface area (Å²) in [5, 5.41) is 2.38. The van der Waals surface area contributed by atoms with E-state index >= 15 is 0 Å². The van der Waals surface area contributed by atoms with Gasteiger partial charge in [0.05, 0.1) is 17.6 Å². The van der Waals surface area contributed by atoms with Crippen molar-refractivity contribution in [2.24, 2.45) is 0 Å². The predicted octanol–water partition coefficient (Wildman–Crippen LogP) is 3.57. The van der Waals surface area contributed by atoms with Crippen LogP contribution in [-0.2, 0) is 24.1 Å². The summed E-state index contributed by atoms with van der Waals surface area (Å²) in [4.78, 5) is 42.9. The number of rotatable bonds is 5. The van der Waals surface area contributed by atoms with Crippen LogP contribution >= 0.6 is 0 Å². The first-order valence-corrected chi connectivity index (χ1v) is 10.2. The fourth-order valence-electron chi connectivity index (χ4n) is 3.53. The maximum absolute atomic E-state index is 13.2. The molecule has 0 atom stereocenters. The maximum Gasteiger partial charge on any atom is 0.416 e. The van der Waals surface area contributed by atoms with Crippen molar-refractivity contribution in [3.05, 3.63) is 104 Å². The average molecular weight is 468 g/mol. The zero-order valence-corrected chi connectivity index (χ0v) is 18.0. The summed E-state index contributed by atoms with van der Waals surface area (Å²) in [6, 6.07) is 14.5. The number of hydrogen-bond acceptors (Lipinski definition) is 4. The van der Waals surface area contributed by atoms with E-state index in [1.54, 1.807) is 12.1 Å². The Morgan fingerprint density at radius 3 is 2.44 bits per heavy atom. The Morgan fingerprint density at radius 2 is 1.74 bits per heavy atom. The molecule has 0 saturated heterocycles. The molecule has 0 unspecified atom stereocenters. The number of carbonyl (C=O) groups excluding carboxylic acids is 1. The molecule has 7 nitrogen and oxygen atoms in total. The molecule has 1 amide bonds. The fraction of sp³-hybridized carbons (Fsp3) is 0.167. The zero-order chi connectivity index (χ0) is 24.5. The van der Waals surface area contributed by atoms with Crippen LogP contribution in [0.1, 0.15) is 16.7 Å². The highest BCUT2D eigenvalue weighted by molar-refractivity contribution is 5.91. The monoisotopic (exact) mass is 468 g/mol. The molecule has 34 heavy (non-hydrogen) atoms. The van der Waals surface area contributed by atoms with Crippen molar-refractivity contribution in [1.82, 2.24) is 14.1 Å². The van der Waals surface area contributed by atoms with Crippen molar-refractivity contribution in [2.75, 3.05) is 5.32 Å². The lowest BCUT2D eigenvalue weighted by atomic mass is 10.1. The number of pyridine rings is 1. The Morgan fingerprint density at radius 1 is 1.00 bits per heavy atom. The Hall–Kier alpha value is -4.21. The van der Waals surface area contributed by atoms with Gasteiger partial charge in [-0.25, -0.2) is 9.78 Å². The van der Waals surface area contributed by atoms with Crippen LogP contribution in [0.3, 0.4) is 0 Å². The number of alkyl halides is 3. The van der Waals surface area contributed by atoms with Crippen molar-refractivity contribution in [3.8, 4) is 0 Å². The van der Waals surface area contributed by atoms with Crippen LogP contribution in [0.4, 0.5) is 18.9 Å². The lowest BCUT2D eigenvalue weighted by Crippen LogP contribution is -2.42. The van der Waals surface area contributed by atoms with Gasteiger partial charge in [-0.1, -0.05) is 35.9 Å². The van der Waals surface area contributed by atoms with E-state index in [2.05, 4.69) is 10.3 Å². The Labute approximate surface area is 191 Å². The molecule has 0 aliphatic heterocycles. The summed E-state index contributed by atoms with van der Waals surface area (Å²) < 4.78 is 41.0. The molecule has 2 heterocycles. The van der Waals surface area contributed by atoms with Gasteiger partial charge in [-0.2, -0.15) is 13.2 Å². The van der Waals surface area contributed by atoms with E-state index in [1.165, 1.54) is 30.5 Å². The van der Waals surface area contributed by atoms with Gasteiger partial charge in [-0.05, 0) is 42.8 Å². The van der Waals surface area contributed by atoms with Gasteiger partial charge in [0.25, 0.3) is 5.56 Å². The molecule has 0 aliphatic rings. The molecule has 0 aliphatic carbocycles. The van der Waals surface area contributed by atoms with Gasteiger partial charge in [-0.3, -0.25) is 18.7 Å². The zero-order valence-electron chi connectivity index (χ0n) is 18.0. The summed E-state index contributed by atoms with van der Waals surface area (Å²) >= 11 is 0. The highest BCUT2D eigenvalue weighted by Gasteiger charge is 2.30. The minimum absolute atomic E-state index is 0.00100. The summed E-state index contributed by atoms with van der Waals surface area (Å²) in [7, 11) is 0. The number of anilines is 1. The average Bonchev–Trinajstić information content (AvgIpc) is 2.80. The quantitative estimate of drug-likeness (QED) is 0.485. The van der Waals surface area contributed by atoms with E-state index in [9.17, 15) is 27.6 Å². The molecular formula is C24H19F3N4O3. The number of aryl methyl sites for hydroxylation is 1. The number of amides is 1. The van der Waals surface area contributed by atoms with Crippen molar-refractivity contribution in [3.63, 3.8) is 0 Å². The first-order chi connectivity index (χ1) is 16.1. The summed E-state index contributed by atoms with van der Waals surface area (Å²) in [6.07, 6.45) is -3.16. The molecule has 0 bridgehead atoms.